The molecule has 1 aromatic heterocycles. The van der Waals surface area contributed by atoms with E-state index in [0.717, 1.165) is 11.1 Å². The van der Waals surface area contributed by atoms with Gasteiger partial charge < -0.3 is 9.64 Å². The van der Waals surface area contributed by atoms with Crippen LogP contribution in [0.1, 0.15) is 22.8 Å². The molecule has 2 aromatic carbocycles. The molecule has 0 aliphatic carbocycles. The lowest BCUT2D eigenvalue weighted by Gasteiger charge is -2.28. The van der Waals surface area contributed by atoms with Crippen LogP contribution >= 0.6 is 0 Å². The maximum absolute atomic E-state index is 12.4. The van der Waals surface area contributed by atoms with Crippen LogP contribution in [-0.2, 0) is 11.3 Å². The average molecular weight is 345 g/mol. The van der Waals surface area contributed by atoms with Crippen molar-refractivity contribution in [2.75, 3.05) is 11.5 Å². The van der Waals surface area contributed by atoms with Gasteiger partial charge in [-0.15, -0.1) is 0 Å². The van der Waals surface area contributed by atoms with Gasteiger partial charge in [-0.2, -0.15) is 0 Å². The Morgan fingerprint density at radius 2 is 1.77 bits per heavy atom. The maximum Gasteiger partial charge on any atom is 0.343 e. The highest BCUT2D eigenvalue weighted by atomic mass is 16.5. The van der Waals surface area contributed by atoms with Gasteiger partial charge in [0.1, 0.15) is 18.0 Å². The Hall–Kier alpha value is -3.21. The van der Waals surface area contributed by atoms with Crippen LogP contribution in [0, 0.1) is 0 Å². The van der Waals surface area contributed by atoms with Crippen LogP contribution in [0.15, 0.2) is 66.9 Å². The van der Waals surface area contributed by atoms with E-state index in [1.54, 1.807) is 6.20 Å². The number of nitrogens with zero attached hydrogens (tertiary/aromatic N) is 3. The van der Waals surface area contributed by atoms with Crippen LogP contribution in [0.5, 0.6) is 0 Å². The average Bonchev–Trinajstić information content (AvgIpc) is 2.81. The Morgan fingerprint density at radius 3 is 2.50 bits per heavy atom. The fraction of sp³-hybridized carbons (Fsp3) is 0.190. The number of anilines is 1. The second kappa shape index (κ2) is 6.96. The van der Waals surface area contributed by atoms with Crippen LogP contribution in [0.4, 0.5) is 5.82 Å². The third kappa shape index (κ3) is 3.16. The van der Waals surface area contributed by atoms with Crippen molar-refractivity contribution in [3.63, 3.8) is 0 Å². The number of carbonyl (C=O) groups is 1. The molecule has 1 atom stereocenters. The van der Waals surface area contributed by atoms with Gasteiger partial charge in [0, 0.05) is 18.3 Å². The number of hydrogen-bond donors (Lipinski definition) is 0. The summed E-state index contributed by atoms with van der Waals surface area (Å²) in [6.45, 7) is 3.01. The molecule has 0 spiro atoms. The van der Waals surface area contributed by atoms with E-state index >= 15 is 0 Å². The van der Waals surface area contributed by atoms with Crippen molar-refractivity contribution in [3.05, 3.63) is 78.0 Å². The summed E-state index contributed by atoms with van der Waals surface area (Å²) in [5.41, 5.74) is 2.48. The Kier molecular flexibility index (Phi) is 4.35. The van der Waals surface area contributed by atoms with Gasteiger partial charge in [-0.25, -0.2) is 14.8 Å². The number of esters is 1. The molecule has 1 unspecified atom stereocenters. The van der Waals surface area contributed by atoms with Crippen molar-refractivity contribution in [2.24, 2.45) is 0 Å². The van der Waals surface area contributed by atoms with Gasteiger partial charge in [-0.05, 0) is 12.5 Å². The molecule has 0 bridgehead atoms. The van der Waals surface area contributed by atoms with E-state index in [-0.39, 0.29) is 12.0 Å². The standard InChI is InChI=1S/C21H19N3O2/c1-15-14-26-21(25)18-12-22-19(17-10-6-3-7-11-17)23-20(18)24(15)13-16-8-4-2-5-9-16/h2-12,15H,13-14H2,1H3. The number of hydrogen-bond acceptors (Lipinski definition) is 5. The van der Waals surface area contributed by atoms with Crippen molar-refractivity contribution in [1.29, 1.82) is 0 Å². The van der Waals surface area contributed by atoms with Crippen LogP contribution in [-0.4, -0.2) is 28.6 Å². The summed E-state index contributed by atoms with van der Waals surface area (Å²) in [6, 6.07) is 19.9. The van der Waals surface area contributed by atoms with Gasteiger partial charge in [-0.1, -0.05) is 60.7 Å². The Labute approximate surface area is 152 Å². The highest BCUT2D eigenvalue weighted by Gasteiger charge is 2.29. The number of rotatable bonds is 3. The number of aromatic nitrogens is 2. The van der Waals surface area contributed by atoms with Gasteiger partial charge >= 0.3 is 5.97 Å². The van der Waals surface area contributed by atoms with Gasteiger partial charge in [0.05, 0.1) is 6.04 Å². The molecule has 1 aliphatic rings. The fourth-order valence-electron chi connectivity index (χ4n) is 3.05. The molecule has 0 saturated carbocycles. The van der Waals surface area contributed by atoms with Gasteiger partial charge in [0.2, 0.25) is 0 Å². The third-order valence-corrected chi connectivity index (χ3v) is 4.48. The lowest BCUT2D eigenvalue weighted by Crippen LogP contribution is -2.35. The van der Waals surface area contributed by atoms with Crippen molar-refractivity contribution in [3.8, 4) is 11.4 Å². The summed E-state index contributed by atoms with van der Waals surface area (Å²) in [5.74, 6) is 0.851. The van der Waals surface area contributed by atoms with E-state index in [1.807, 2.05) is 55.5 Å². The van der Waals surface area contributed by atoms with E-state index in [9.17, 15) is 4.79 Å². The van der Waals surface area contributed by atoms with E-state index in [1.165, 1.54) is 0 Å². The second-order valence-corrected chi connectivity index (χ2v) is 6.36. The highest BCUT2D eigenvalue weighted by Crippen LogP contribution is 2.28. The van der Waals surface area contributed by atoms with Crippen molar-refractivity contribution in [2.45, 2.75) is 19.5 Å². The van der Waals surface area contributed by atoms with Crippen LogP contribution in [0.25, 0.3) is 11.4 Å². The molecule has 2 heterocycles. The van der Waals surface area contributed by atoms with Gasteiger partial charge in [0.15, 0.2) is 5.82 Å². The first kappa shape index (κ1) is 16.3. The monoisotopic (exact) mass is 345 g/mol. The number of carbonyl (C=O) groups excluding carboxylic acids is 1. The van der Waals surface area contributed by atoms with Crippen LogP contribution < -0.4 is 4.90 Å². The molecule has 5 heteroatoms. The molecule has 0 amide bonds. The SMILES string of the molecule is CC1COC(=O)c2cnc(-c3ccccc3)nc2N1Cc1ccccc1. The number of benzene rings is 2. The highest BCUT2D eigenvalue weighted by molar-refractivity contribution is 5.95. The number of ether oxygens (including phenoxy) is 1. The van der Waals surface area contributed by atoms with E-state index in [0.29, 0.717) is 30.4 Å². The molecule has 0 radical (unpaired) electrons. The predicted octanol–water partition coefficient (Wildman–Crippen LogP) is 3.71. The topological polar surface area (TPSA) is 55.3 Å². The zero-order valence-electron chi connectivity index (χ0n) is 14.5. The van der Waals surface area contributed by atoms with Crippen LogP contribution in [0.2, 0.25) is 0 Å². The molecule has 3 aromatic rings. The number of fused-ring (bicyclic) bond motifs is 1. The summed E-state index contributed by atoms with van der Waals surface area (Å²) in [7, 11) is 0. The molecular formula is C21H19N3O2. The van der Waals surface area contributed by atoms with Crippen molar-refractivity contribution >= 4 is 11.8 Å². The minimum atomic E-state index is -0.373. The van der Waals surface area contributed by atoms with E-state index < -0.39 is 0 Å². The maximum atomic E-state index is 12.4. The molecule has 5 nitrogen and oxygen atoms in total. The first-order valence-corrected chi connectivity index (χ1v) is 8.62. The summed E-state index contributed by atoms with van der Waals surface area (Å²) in [4.78, 5) is 23.6. The Balaban J connectivity index is 1.80. The van der Waals surface area contributed by atoms with Gasteiger partial charge in [0.25, 0.3) is 0 Å². The summed E-state index contributed by atoms with van der Waals surface area (Å²) >= 11 is 0. The largest absolute Gasteiger partial charge is 0.460 e. The molecule has 130 valence electrons. The number of cyclic esters (lactones) is 1. The smallest absolute Gasteiger partial charge is 0.343 e. The Morgan fingerprint density at radius 1 is 1.08 bits per heavy atom. The first-order chi connectivity index (χ1) is 12.7. The second-order valence-electron chi connectivity index (χ2n) is 6.36. The lowest BCUT2D eigenvalue weighted by atomic mass is 10.1. The molecular weight excluding hydrogens is 326 g/mol. The van der Waals surface area contributed by atoms with Gasteiger partial charge in [-0.3, -0.25) is 0 Å². The lowest BCUT2D eigenvalue weighted by molar-refractivity contribution is 0.0498. The molecule has 0 saturated heterocycles. The van der Waals surface area contributed by atoms with Crippen LogP contribution in [0.3, 0.4) is 0 Å². The van der Waals surface area contributed by atoms with Crippen molar-refractivity contribution in [1.82, 2.24) is 9.97 Å². The predicted molar refractivity (Wildman–Crippen MR) is 99.8 cm³/mol. The van der Waals surface area contributed by atoms with Crippen molar-refractivity contribution < 1.29 is 9.53 Å². The normalized spacial score (nSPS) is 16.6. The molecule has 4 rings (SSSR count). The Bertz CT molecular complexity index is 913. The quantitative estimate of drug-likeness (QED) is 0.677. The zero-order chi connectivity index (χ0) is 17.9. The summed E-state index contributed by atoms with van der Waals surface area (Å²) in [5, 5.41) is 0. The third-order valence-electron chi connectivity index (χ3n) is 4.48. The summed E-state index contributed by atoms with van der Waals surface area (Å²) in [6.07, 6.45) is 1.57. The first-order valence-electron chi connectivity index (χ1n) is 8.62. The summed E-state index contributed by atoms with van der Waals surface area (Å²) < 4.78 is 5.39. The van der Waals surface area contributed by atoms with E-state index in [4.69, 9.17) is 9.72 Å². The fourth-order valence-corrected chi connectivity index (χ4v) is 3.05. The zero-order valence-corrected chi connectivity index (χ0v) is 14.5. The van der Waals surface area contributed by atoms with E-state index in [2.05, 4.69) is 22.0 Å². The minimum absolute atomic E-state index is 0.0129. The molecule has 26 heavy (non-hydrogen) atoms. The molecule has 0 fully saturated rings. The molecule has 1 aliphatic heterocycles. The molecule has 0 N–H and O–H groups in total. The minimum Gasteiger partial charge on any atom is -0.460 e.